The van der Waals surface area contributed by atoms with E-state index in [9.17, 15) is 4.39 Å². The van der Waals surface area contributed by atoms with Crippen LogP contribution in [-0.2, 0) is 0 Å². The Morgan fingerprint density at radius 2 is 1.90 bits per heavy atom. The number of hydrogen-bond acceptors (Lipinski definition) is 4. The van der Waals surface area contributed by atoms with Crippen LogP contribution in [0.5, 0.6) is 11.6 Å². The summed E-state index contributed by atoms with van der Waals surface area (Å²) in [5.41, 5.74) is 6.28. The van der Waals surface area contributed by atoms with E-state index in [-0.39, 0.29) is 17.6 Å². The average Bonchev–Trinajstić information content (AvgIpc) is 2.43. The summed E-state index contributed by atoms with van der Waals surface area (Å²) in [6.07, 6.45) is 0. The molecule has 0 amide bonds. The molecule has 6 heteroatoms. The van der Waals surface area contributed by atoms with Crippen molar-refractivity contribution in [3.8, 4) is 11.6 Å². The molecule has 0 aliphatic carbocycles. The van der Waals surface area contributed by atoms with Crippen molar-refractivity contribution in [1.29, 1.82) is 0 Å². The van der Waals surface area contributed by atoms with Gasteiger partial charge in [-0.05, 0) is 30.3 Å². The third kappa shape index (κ3) is 2.42. The molecule has 20 heavy (non-hydrogen) atoms. The van der Waals surface area contributed by atoms with Gasteiger partial charge in [-0.2, -0.15) is 4.98 Å². The summed E-state index contributed by atoms with van der Waals surface area (Å²) in [6, 6.07) is 11.7. The monoisotopic (exact) mass is 333 g/mol. The normalized spacial score (nSPS) is 10.7. The van der Waals surface area contributed by atoms with E-state index >= 15 is 0 Å². The summed E-state index contributed by atoms with van der Waals surface area (Å²) < 4.78 is 20.0. The standard InChI is InChI=1S/C14H9BrFN3O/c15-8-5-6-10(16)12(7-8)20-13-9-3-1-2-4-11(9)18-14(17)19-13/h1-7H,(H2,17,18,19). The number of nitrogens with zero attached hydrogens (tertiary/aromatic N) is 2. The molecule has 0 unspecified atom stereocenters. The number of para-hydroxylation sites is 1. The average molecular weight is 334 g/mol. The van der Waals surface area contributed by atoms with Gasteiger partial charge in [0.15, 0.2) is 11.6 Å². The van der Waals surface area contributed by atoms with E-state index in [0.29, 0.717) is 15.4 Å². The second-order valence-corrected chi connectivity index (χ2v) is 5.00. The molecule has 0 saturated heterocycles. The Hall–Kier alpha value is -2.21. The van der Waals surface area contributed by atoms with E-state index in [1.54, 1.807) is 18.2 Å². The number of nitrogens with two attached hydrogens (primary N) is 1. The quantitative estimate of drug-likeness (QED) is 0.772. The van der Waals surface area contributed by atoms with E-state index in [2.05, 4.69) is 25.9 Å². The first-order valence-electron chi connectivity index (χ1n) is 5.78. The number of fused-ring (bicyclic) bond motifs is 1. The molecule has 0 fully saturated rings. The van der Waals surface area contributed by atoms with Crippen LogP contribution in [-0.4, -0.2) is 9.97 Å². The Morgan fingerprint density at radius 3 is 2.75 bits per heavy atom. The lowest BCUT2D eigenvalue weighted by atomic mass is 10.2. The minimum atomic E-state index is -0.477. The summed E-state index contributed by atoms with van der Waals surface area (Å²) in [5, 5.41) is 0.668. The van der Waals surface area contributed by atoms with Crippen molar-refractivity contribution in [2.75, 3.05) is 5.73 Å². The van der Waals surface area contributed by atoms with Gasteiger partial charge in [0.1, 0.15) is 0 Å². The van der Waals surface area contributed by atoms with Crippen LogP contribution in [0, 0.1) is 5.82 Å². The van der Waals surface area contributed by atoms with Gasteiger partial charge < -0.3 is 10.5 Å². The molecule has 3 aromatic rings. The van der Waals surface area contributed by atoms with E-state index in [0.717, 1.165) is 0 Å². The van der Waals surface area contributed by atoms with E-state index in [1.165, 1.54) is 12.1 Å². The Labute approximate surface area is 122 Å². The van der Waals surface area contributed by atoms with Crippen molar-refractivity contribution < 1.29 is 9.13 Å². The predicted octanol–water partition coefficient (Wildman–Crippen LogP) is 3.91. The smallest absolute Gasteiger partial charge is 0.232 e. The molecule has 0 atom stereocenters. The fourth-order valence-corrected chi connectivity index (χ4v) is 2.14. The highest BCUT2D eigenvalue weighted by Gasteiger charge is 2.11. The van der Waals surface area contributed by atoms with Gasteiger partial charge in [0, 0.05) is 4.47 Å². The van der Waals surface area contributed by atoms with Crippen LogP contribution in [0.1, 0.15) is 0 Å². The minimum absolute atomic E-state index is 0.0719. The zero-order valence-corrected chi connectivity index (χ0v) is 11.8. The number of nitrogen functional groups attached to an aromatic ring is 1. The lowest BCUT2D eigenvalue weighted by Crippen LogP contribution is -1.99. The highest BCUT2D eigenvalue weighted by Crippen LogP contribution is 2.31. The molecule has 100 valence electrons. The first-order chi connectivity index (χ1) is 9.63. The largest absolute Gasteiger partial charge is 0.435 e. The molecule has 0 saturated carbocycles. The number of halogens is 2. The second-order valence-electron chi connectivity index (χ2n) is 4.08. The summed E-state index contributed by atoms with van der Waals surface area (Å²) in [7, 11) is 0. The minimum Gasteiger partial charge on any atom is -0.435 e. The Kier molecular flexibility index (Phi) is 3.23. The molecule has 0 bridgehead atoms. The third-order valence-corrected chi connectivity index (χ3v) is 3.18. The Morgan fingerprint density at radius 1 is 1.10 bits per heavy atom. The molecule has 2 aromatic carbocycles. The van der Waals surface area contributed by atoms with Crippen LogP contribution < -0.4 is 10.5 Å². The summed E-state index contributed by atoms with van der Waals surface area (Å²) in [6.45, 7) is 0. The van der Waals surface area contributed by atoms with Gasteiger partial charge in [0.05, 0.1) is 10.9 Å². The van der Waals surface area contributed by atoms with Crippen molar-refractivity contribution in [3.05, 3.63) is 52.8 Å². The van der Waals surface area contributed by atoms with Crippen molar-refractivity contribution in [2.24, 2.45) is 0 Å². The fraction of sp³-hybridized carbons (Fsp3) is 0. The molecule has 4 nitrogen and oxygen atoms in total. The number of anilines is 1. The molecule has 0 aliphatic rings. The molecule has 1 aromatic heterocycles. The zero-order valence-electron chi connectivity index (χ0n) is 10.2. The molecule has 0 aliphatic heterocycles. The summed E-state index contributed by atoms with van der Waals surface area (Å²) in [5.74, 6) is -0.101. The Balaban J connectivity index is 2.13. The number of benzene rings is 2. The lowest BCUT2D eigenvalue weighted by Gasteiger charge is -2.09. The van der Waals surface area contributed by atoms with Gasteiger partial charge in [-0.3, -0.25) is 0 Å². The van der Waals surface area contributed by atoms with Gasteiger partial charge in [0.2, 0.25) is 11.8 Å². The predicted molar refractivity (Wildman–Crippen MR) is 78.1 cm³/mol. The molecule has 0 radical (unpaired) electrons. The zero-order chi connectivity index (χ0) is 14.1. The fourth-order valence-electron chi connectivity index (χ4n) is 1.80. The van der Waals surface area contributed by atoms with Crippen molar-refractivity contribution >= 4 is 32.8 Å². The van der Waals surface area contributed by atoms with Gasteiger partial charge in [-0.1, -0.05) is 28.1 Å². The molecular formula is C14H9BrFN3O. The topological polar surface area (TPSA) is 61.0 Å². The van der Waals surface area contributed by atoms with Crippen molar-refractivity contribution in [2.45, 2.75) is 0 Å². The molecule has 0 spiro atoms. The maximum absolute atomic E-state index is 13.7. The third-order valence-electron chi connectivity index (χ3n) is 2.69. The molecule has 1 heterocycles. The number of hydrogen-bond donors (Lipinski definition) is 1. The molecule has 2 N–H and O–H groups in total. The summed E-state index contributed by atoms with van der Waals surface area (Å²) in [4.78, 5) is 8.13. The summed E-state index contributed by atoms with van der Waals surface area (Å²) >= 11 is 3.27. The van der Waals surface area contributed by atoms with Crippen LogP contribution >= 0.6 is 15.9 Å². The highest BCUT2D eigenvalue weighted by molar-refractivity contribution is 9.10. The second kappa shape index (κ2) is 5.05. The first kappa shape index (κ1) is 12.8. The number of aromatic nitrogens is 2. The van der Waals surface area contributed by atoms with E-state index in [4.69, 9.17) is 10.5 Å². The first-order valence-corrected chi connectivity index (χ1v) is 6.58. The van der Waals surface area contributed by atoms with Crippen LogP contribution in [0.3, 0.4) is 0 Å². The number of ether oxygens (including phenoxy) is 1. The van der Waals surface area contributed by atoms with Gasteiger partial charge in [0.25, 0.3) is 0 Å². The highest BCUT2D eigenvalue weighted by atomic mass is 79.9. The van der Waals surface area contributed by atoms with Crippen LogP contribution in [0.15, 0.2) is 46.9 Å². The Bertz CT molecular complexity index is 794. The van der Waals surface area contributed by atoms with Gasteiger partial charge >= 0.3 is 0 Å². The van der Waals surface area contributed by atoms with Crippen LogP contribution in [0.25, 0.3) is 10.9 Å². The van der Waals surface area contributed by atoms with E-state index in [1.807, 2.05) is 12.1 Å². The molecular weight excluding hydrogens is 325 g/mol. The van der Waals surface area contributed by atoms with Crippen LogP contribution in [0.2, 0.25) is 0 Å². The lowest BCUT2D eigenvalue weighted by molar-refractivity contribution is 0.432. The van der Waals surface area contributed by atoms with Crippen LogP contribution in [0.4, 0.5) is 10.3 Å². The van der Waals surface area contributed by atoms with Crippen molar-refractivity contribution in [1.82, 2.24) is 9.97 Å². The maximum Gasteiger partial charge on any atom is 0.232 e. The number of rotatable bonds is 2. The van der Waals surface area contributed by atoms with Gasteiger partial charge in [-0.25, -0.2) is 9.37 Å². The van der Waals surface area contributed by atoms with Gasteiger partial charge in [-0.15, -0.1) is 0 Å². The van der Waals surface area contributed by atoms with Crippen molar-refractivity contribution in [3.63, 3.8) is 0 Å². The SMILES string of the molecule is Nc1nc(Oc2cc(Br)ccc2F)c2ccccc2n1. The molecule has 3 rings (SSSR count). The van der Waals surface area contributed by atoms with E-state index < -0.39 is 5.82 Å². The maximum atomic E-state index is 13.7.